The Balaban J connectivity index is 1.78. The van der Waals surface area contributed by atoms with E-state index in [1.165, 1.54) is 5.57 Å². The van der Waals surface area contributed by atoms with Crippen LogP contribution in [0.25, 0.3) is 0 Å². The predicted octanol–water partition coefficient (Wildman–Crippen LogP) is 8.70. The van der Waals surface area contributed by atoms with Crippen LogP contribution in [-0.4, -0.2) is 48.4 Å². The van der Waals surface area contributed by atoms with E-state index in [0.29, 0.717) is 5.92 Å². The summed E-state index contributed by atoms with van der Waals surface area (Å²) in [4.78, 5) is 0. The van der Waals surface area contributed by atoms with Gasteiger partial charge in [0.05, 0.1) is 17.8 Å². The van der Waals surface area contributed by atoms with Crippen LogP contribution in [0.3, 0.4) is 0 Å². The Bertz CT molecular complexity index is 890. The molecule has 4 aliphatic rings. The molecule has 4 aliphatic carbocycles. The van der Waals surface area contributed by atoms with Gasteiger partial charge < -0.3 is 13.3 Å². The predicted molar refractivity (Wildman–Crippen MR) is 157 cm³/mol. The molecule has 7 heteroatoms. The average Bonchev–Trinajstić information content (AvgIpc) is 2.90. The fraction of sp³-hybridized carbons (Fsp3) is 0.931. The molecule has 0 aromatic carbocycles. The Hall–Kier alpha value is 0.201. The second-order valence-corrected chi connectivity index (χ2v) is 29.5. The molecule has 0 aromatic rings. The monoisotopic (exact) mass is 554 g/mol. The quantitative estimate of drug-likeness (QED) is 0.243. The van der Waals surface area contributed by atoms with E-state index in [0.717, 1.165) is 44.9 Å². The van der Waals surface area contributed by atoms with Gasteiger partial charge in [0.15, 0.2) is 25.0 Å². The van der Waals surface area contributed by atoms with Crippen LogP contribution in [0.4, 0.5) is 4.39 Å². The molecule has 3 fully saturated rings. The van der Waals surface area contributed by atoms with Gasteiger partial charge in [-0.1, -0.05) is 25.5 Å². The molecule has 36 heavy (non-hydrogen) atoms. The molecule has 0 aliphatic heterocycles. The van der Waals surface area contributed by atoms with Gasteiger partial charge in [0, 0.05) is 16.7 Å². The zero-order valence-corrected chi connectivity index (χ0v) is 28.4. The van der Waals surface area contributed by atoms with Gasteiger partial charge >= 0.3 is 0 Å². The summed E-state index contributed by atoms with van der Waals surface area (Å²) in [7, 11) is -5.40. The Morgan fingerprint density at radius 2 is 1.39 bits per heavy atom. The van der Waals surface area contributed by atoms with E-state index in [-0.39, 0.29) is 29.1 Å². The topological polar surface area (TPSA) is 27.7 Å². The molecule has 0 heterocycles. The van der Waals surface area contributed by atoms with Crippen LogP contribution in [0, 0.1) is 22.7 Å². The van der Waals surface area contributed by atoms with Crippen molar-refractivity contribution in [3.05, 3.63) is 11.6 Å². The van der Waals surface area contributed by atoms with Crippen molar-refractivity contribution in [2.45, 2.75) is 148 Å². The lowest BCUT2D eigenvalue weighted by Gasteiger charge is -2.66. The average molecular weight is 555 g/mol. The fourth-order valence-electron chi connectivity index (χ4n) is 8.82. The number of hydrogen-bond donors (Lipinski definition) is 0. The third kappa shape index (κ3) is 4.85. The largest absolute Gasteiger partial charge is 0.412 e. The summed E-state index contributed by atoms with van der Waals surface area (Å²) in [6.07, 6.45) is 8.69. The summed E-state index contributed by atoms with van der Waals surface area (Å²) >= 11 is 0. The third-order valence-electron chi connectivity index (χ3n) is 10.2. The summed E-state index contributed by atoms with van der Waals surface area (Å²) < 4.78 is 38.8. The van der Waals surface area contributed by atoms with E-state index in [1.807, 2.05) is 0 Å². The standard InChI is InChI=1S/C29H55FO3Si3/c1-26-17-15-22(31-34(4,5)6)19-21(26)13-14-24-23-16-18-28(3,33-36(10,11)12)27(23,2)20-25(29(24,26)30)32-35(7,8)9/h19,22-25H,13-18,20H2,1-12H3. The number of fused-ring (bicyclic) bond motifs is 5. The summed E-state index contributed by atoms with van der Waals surface area (Å²) in [6.45, 7) is 27.4. The number of halogens is 1. The molecule has 8 unspecified atom stereocenters. The highest BCUT2D eigenvalue weighted by Gasteiger charge is 2.73. The number of rotatable bonds is 6. The zero-order chi connectivity index (χ0) is 27.2. The van der Waals surface area contributed by atoms with Crippen molar-refractivity contribution < 1.29 is 17.7 Å². The van der Waals surface area contributed by atoms with Crippen LogP contribution in [-0.2, 0) is 13.3 Å². The molecule has 0 bridgehead atoms. The molecule has 0 radical (unpaired) electrons. The first-order valence-corrected chi connectivity index (χ1v) is 24.8. The molecule has 4 rings (SSSR count). The van der Waals surface area contributed by atoms with Crippen molar-refractivity contribution in [1.82, 2.24) is 0 Å². The first-order chi connectivity index (χ1) is 16.1. The van der Waals surface area contributed by atoms with Crippen molar-refractivity contribution in [3.63, 3.8) is 0 Å². The smallest absolute Gasteiger partial charge is 0.184 e. The third-order valence-corrected chi connectivity index (χ3v) is 13.3. The molecule has 0 amide bonds. The number of allylic oxidation sites excluding steroid dienone is 1. The van der Waals surface area contributed by atoms with Gasteiger partial charge in [-0.2, -0.15) is 0 Å². The molecule has 3 saturated carbocycles. The Labute approximate surface area is 224 Å². The van der Waals surface area contributed by atoms with Gasteiger partial charge in [-0.25, -0.2) is 4.39 Å². The summed E-state index contributed by atoms with van der Waals surface area (Å²) in [6, 6.07) is 0. The van der Waals surface area contributed by atoms with Crippen LogP contribution in [0.1, 0.15) is 65.7 Å². The Morgan fingerprint density at radius 3 is 1.94 bits per heavy atom. The minimum absolute atomic E-state index is 0.0290. The molecule has 0 spiro atoms. The minimum atomic E-state index is -1.98. The maximum Gasteiger partial charge on any atom is 0.184 e. The highest BCUT2D eigenvalue weighted by Crippen LogP contribution is 2.71. The van der Waals surface area contributed by atoms with E-state index in [4.69, 9.17) is 13.3 Å². The lowest BCUT2D eigenvalue weighted by molar-refractivity contribution is -0.219. The molecule has 8 atom stereocenters. The van der Waals surface area contributed by atoms with E-state index in [2.05, 4.69) is 85.8 Å². The molecule has 3 nitrogen and oxygen atoms in total. The summed E-state index contributed by atoms with van der Waals surface area (Å²) in [5, 5.41) is 0. The van der Waals surface area contributed by atoms with Gasteiger partial charge in [-0.3, -0.25) is 0 Å². The van der Waals surface area contributed by atoms with Crippen molar-refractivity contribution in [3.8, 4) is 0 Å². The maximum absolute atomic E-state index is 18.4. The van der Waals surface area contributed by atoms with Gasteiger partial charge in [0.2, 0.25) is 0 Å². The first kappa shape index (κ1) is 29.2. The SMILES string of the molecule is CC1(O[Si](C)(C)C)CCC2C3CCC4=CC(O[Si](C)(C)C)CCC4(C)C3(F)C(O[Si](C)(C)C)CC21C. The van der Waals surface area contributed by atoms with Crippen LogP contribution in [0.5, 0.6) is 0 Å². The normalized spacial score (nSPS) is 45.5. The van der Waals surface area contributed by atoms with Gasteiger partial charge in [-0.15, -0.1) is 0 Å². The molecular weight excluding hydrogens is 500 g/mol. The lowest BCUT2D eigenvalue weighted by atomic mass is 9.44. The van der Waals surface area contributed by atoms with Crippen molar-refractivity contribution in [1.29, 1.82) is 0 Å². The van der Waals surface area contributed by atoms with Crippen molar-refractivity contribution in [2.75, 3.05) is 0 Å². The summed E-state index contributed by atoms with van der Waals surface area (Å²) in [5.41, 5.74) is -0.768. The van der Waals surface area contributed by atoms with E-state index < -0.39 is 36.0 Å². The highest BCUT2D eigenvalue weighted by molar-refractivity contribution is 6.70. The lowest BCUT2D eigenvalue weighted by Crippen LogP contribution is -2.70. The van der Waals surface area contributed by atoms with E-state index in [1.54, 1.807) is 0 Å². The van der Waals surface area contributed by atoms with Gasteiger partial charge in [0.1, 0.15) is 5.67 Å². The van der Waals surface area contributed by atoms with Crippen LogP contribution in [0.2, 0.25) is 58.9 Å². The number of hydrogen-bond acceptors (Lipinski definition) is 3. The van der Waals surface area contributed by atoms with Crippen molar-refractivity contribution >= 4 is 25.0 Å². The molecular formula is C29H55FO3Si3. The van der Waals surface area contributed by atoms with Crippen LogP contribution >= 0.6 is 0 Å². The van der Waals surface area contributed by atoms with E-state index >= 15 is 4.39 Å². The molecule has 208 valence electrons. The molecule has 0 saturated heterocycles. The molecule has 0 N–H and O–H groups in total. The van der Waals surface area contributed by atoms with Gasteiger partial charge in [-0.05, 0) is 117 Å². The van der Waals surface area contributed by atoms with E-state index in [9.17, 15) is 0 Å². The van der Waals surface area contributed by atoms with Crippen molar-refractivity contribution in [2.24, 2.45) is 22.7 Å². The fourth-order valence-corrected chi connectivity index (χ4v) is 12.7. The second kappa shape index (κ2) is 8.85. The highest BCUT2D eigenvalue weighted by atomic mass is 28.4. The van der Waals surface area contributed by atoms with Crippen LogP contribution < -0.4 is 0 Å². The Morgan fingerprint density at radius 1 is 0.778 bits per heavy atom. The first-order valence-electron chi connectivity index (χ1n) is 14.6. The summed E-state index contributed by atoms with van der Waals surface area (Å²) in [5.74, 6) is 0.376. The van der Waals surface area contributed by atoms with Crippen LogP contribution in [0.15, 0.2) is 11.6 Å². The maximum atomic E-state index is 18.4. The Kier molecular flexibility index (Phi) is 7.18. The second-order valence-electron chi connectivity index (χ2n) is 16.2. The zero-order valence-electron chi connectivity index (χ0n) is 25.4. The van der Waals surface area contributed by atoms with Gasteiger partial charge in [0.25, 0.3) is 0 Å². The molecule has 0 aromatic heterocycles. The number of alkyl halides is 1. The minimum Gasteiger partial charge on any atom is -0.412 e.